The van der Waals surface area contributed by atoms with Gasteiger partial charge in [0.15, 0.2) is 0 Å². The molecular formula is C20H30Cl2N6. The van der Waals surface area contributed by atoms with Crippen LogP contribution in [0.5, 0.6) is 0 Å². The average molecular weight is 425 g/mol. The summed E-state index contributed by atoms with van der Waals surface area (Å²) in [4.78, 5) is 16.3. The molecule has 0 amide bonds. The number of pyridine rings is 1. The van der Waals surface area contributed by atoms with Crippen molar-refractivity contribution in [2.75, 3.05) is 31.5 Å². The van der Waals surface area contributed by atoms with Crippen molar-refractivity contribution in [3.63, 3.8) is 0 Å². The number of anilines is 1. The molecule has 1 atom stereocenters. The lowest BCUT2D eigenvalue weighted by molar-refractivity contribution is 0.173. The Balaban J connectivity index is 0.00000140. The predicted molar refractivity (Wildman–Crippen MR) is 118 cm³/mol. The van der Waals surface area contributed by atoms with Gasteiger partial charge in [0.25, 0.3) is 0 Å². The standard InChI is InChI=1S/C20H28N6.2ClH/c1-15-24-19-7-11-26(17-5-3-9-22-14-17)10-6-18(19)20(25-15)23-13-16-4-2-8-21-12-16;;/h2,4,8,12,17,22H,3,5-7,9-11,13-14H2,1H3,(H,23,24,25);2*1H. The van der Waals surface area contributed by atoms with Gasteiger partial charge in [-0.25, -0.2) is 9.97 Å². The Bertz CT molecular complexity index is 737. The summed E-state index contributed by atoms with van der Waals surface area (Å²) in [5, 5.41) is 7.07. The molecule has 2 aliphatic heterocycles. The van der Waals surface area contributed by atoms with Gasteiger partial charge in [-0.2, -0.15) is 0 Å². The highest BCUT2D eigenvalue weighted by atomic mass is 35.5. The average Bonchev–Trinajstić information content (AvgIpc) is 2.90. The van der Waals surface area contributed by atoms with Gasteiger partial charge in [0, 0.05) is 56.6 Å². The minimum Gasteiger partial charge on any atom is -0.366 e. The third-order valence-electron chi connectivity index (χ3n) is 5.46. The first-order valence-electron chi connectivity index (χ1n) is 9.73. The number of piperidine rings is 1. The summed E-state index contributed by atoms with van der Waals surface area (Å²) in [6.07, 6.45) is 8.32. The smallest absolute Gasteiger partial charge is 0.133 e. The summed E-state index contributed by atoms with van der Waals surface area (Å²) in [5.41, 5.74) is 3.68. The van der Waals surface area contributed by atoms with Gasteiger partial charge < -0.3 is 10.6 Å². The number of hydrogen-bond donors (Lipinski definition) is 2. The summed E-state index contributed by atoms with van der Waals surface area (Å²) in [6.45, 7) is 7.20. The molecule has 28 heavy (non-hydrogen) atoms. The number of nitrogens with one attached hydrogen (secondary N) is 2. The second-order valence-electron chi connectivity index (χ2n) is 7.30. The number of aryl methyl sites for hydroxylation is 1. The van der Waals surface area contributed by atoms with Crippen molar-refractivity contribution in [1.29, 1.82) is 0 Å². The zero-order chi connectivity index (χ0) is 17.8. The van der Waals surface area contributed by atoms with Crippen molar-refractivity contribution in [3.8, 4) is 0 Å². The van der Waals surface area contributed by atoms with Crippen LogP contribution < -0.4 is 10.6 Å². The fourth-order valence-corrected chi connectivity index (χ4v) is 4.08. The second-order valence-corrected chi connectivity index (χ2v) is 7.30. The maximum atomic E-state index is 4.76. The first kappa shape index (κ1) is 22.8. The van der Waals surface area contributed by atoms with Gasteiger partial charge in [0.2, 0.25) is 0 Å². The summed E-state index contributed by atoms with van der Waals surface area (Å²) in [7, 11) is 0. The lowest BCUT2D eigenvalue weighted by atomic mass is 10.1. The molecule has 2 aromatic heterocycles. The van der Waals surface area contributed by atoms with E-state index in [1.807, 2.05) is 19.2 Å². The Kier molecular flexibility index (Phi) is 8.89. The molecule has 0 saturated carbocycles. The fraction of sp³-hybridized carbons (Fsp3) is 0.550. The molecule has 2 aromatic rings. The minimum absolute atomic E-state index is 0. The molecule has 0 aliphatic carbocycles. The second kappa shape index (κ2) is 10.9. The number of halogens is 2. The normalized spacial score (nSPS) is 19.5. The van der Waals surface area contributed by atoms with Crippen LogP contribution in [0, 0.1) is 6.92 Å². The van der Waals surface area contributed by atoms with E-state index in [-0.39, 0.29) is 24.8 Å². The number of nitrogens with zero attached hydrogens (tertiary/aromatic N) is 4. The molecule has 0 radical (unpaired) electrons. The first-order valence-corrected chi connectivity index (χ1v) is 9.73. The molecule has 1 saturated heterocycles. The maximum Gasteiger partial charge on any atom is 0.133 e. The fourth-order valence-electron chi connectivity index (χ4n) is 4.08. The van der Waals surface area contributed by atoms with Gasteiger partial charge >= 0.3 is 0 Å². The third-order valence-corrected chi connectivity index (χ3v) is 5.46. The largest absolute Gasteiger partial charge is 0.366 e. The van der Waals surface area contributed by atoms with Gasteiger partial charge in [-0.15, -0.1) is 24.8 Å². The van der Waals surface area contributed by atoms with E-state index in [0.29, 0.717) is 6.04 Å². The highest BCUT2D eigenvalue weighted by molar-refractivity contribution is 5.85. The van der Waals surface area contributed by atoms with Crippen LogP contribution >= 0.6 is 24.8 Å². The molecule has 1 unspecified atom stereocenters. The van der Waals surface area contributed by atoms with Crippen molar-refractivity contribution in [1.82, 2.24) is 25.2 Å². The molecule has 0 spiro atoms. The van der Waals surface area contributed by atoms with Crippen molar-refractivity contribution in [2.45, 2.75) is 45.2 Å². The SMILES string of the molecule is Cc1nc2c(c(NCc3cccnc3)n1)CCN(C1CCCNC1)CC2.Cl.Cl. The number of rotatable bonds is 4. The van der Waals surface area contributed by atoms with E-state index < -0.39 is 0 Å². The molecule has 154 valence electrons. The van der Waals surface area contributed by atoms with Crippen molar-refractivity contribution >= 4 is 30.6 Å². The lowest BCUT2D eigenvalue weighted by Gasteiger charge is -2.33. The third kappa shape index (κ3) is 5.54. The van der Waals surface area contributed by atoms with E-state index in [4.69, 9.17) is 9.97 Å². The van der Waals surface area contributed by atoms with Crippen LogP contribution in [0.15, 0.2) is 24.5 Å². The van der Waals surface area contributed by atoms with Gasteiger partial charge in [-0.1, -0.05) is 6.07 Å². The van der Waals surface area contributed by atoms with Crippen LogP contribution in [0.2, 0.25) is 0 Å². The maximum absolute atomic E-state index is 4.76. The van der Waals surface area contributed by atoms with Gasteiger partial charge in [-0.3, -0.25) is 9.88 Å². The van der Waals surface area contributed by atoms with Crippen molar-refractivity contribution in [2.24, 2.45) is 0 Å². The Morgan fingerprint density at radius 3 is 2.82 bits per heavy atom. The van der Waals surface area contributed by atoms with Crippen LogP contribution in [0.1, 0.15) is 35.5 Å². The van der Waals surface area contributed by atoms with Crippen molar-refractivity contribution < 1.29 is 0 Å². The zero-order valence-corrected chi connectivity index (χ0v) is 18.0. The number of fused-ring (bicyclic) bond motifs is 1. The Labute approximate surface area is 179 Å². The van der Waals surface area contributed by atoms with Crippen LogP contribution in [0.4, 0.5) is 5.82 Å². The van der Waals surface area contributed by atoms with Crippen LogP contribution in [-0.2, 0) is 19.4 Å². The zero-order valence-electron chi connectivity index (χ0n) is 16.4. The molecule has 2 aliphatic rings. The summed E-state index contributed by atoms with van der Waals surface area (Å²) in [5.74, 6) is 1.85. The molecule has 0 aromatic carbocycles. The minimum atomic E-state index is 0. The first-order chi connectivity index (χ1) is 12.8. The van der Waals surface area contributed by atoms with E-state index >= 15 is 0 Å². The van der Waals surface area contributed by atoms with E-state index in [2.05, 4.69) is 26.6 Å². The lowest BCUT2D eigenvalue weighted by Crippen LogP contribution is -2.46. The molecule has 6 nitrogen and oxygen atoms in total. The summed E-state index contributed by atoms with van der Waals surface area (Å²) >= 11 is 0. The van der Waals surface area contributed by atoms with E-state index in [0.717, 1.165) is 57.2 Å². The highest BCUT2D eigenvalue weighted by Crippen LogP contribution is 2.24. The van der Waals surface area contributed by atoms with Crippen LogP contribution in [0.25, 0.3) is 0 Å². The van der Waals surface area contributed by atoms with Crippen molar-refractivity contribution in [3.05, 3.63) is 47.2 Å². The molecule has 8 heteroatoms. The monoisotopic (exact) mass is 424 g/mol. The van der Waals surface area contributed by atoms with E-state index in [1.165, 1.54) is 29.7 Å². The van der Waals surface area contributed by atoms with Gasteiger partial charge in [0.05, 0.1) is 5.69 Å². The molecule has 2 N–H and O–H groups in total. The molecule has 1 fully saturated rings. The number of hydrogen-bond acceptors (Lipinski definition) is 6. The molecular weight excluding hydrogens is 395 g/mol. The number of aromatic nitrogens is 3. The predicted octanol–water partition coefficient (Wildman–Crippen LogP) is 2.79. The quantitative estimate of drug-likeness (QED) is 0.786. The topological polar surface area (TPSA) is 66.0 Å². The van der Waals surface area contributed by atoms with Gasteiger partial charge in [0.1, 0.15) is 11.6 Å². The summed E-state index contributed by atoms with van der Waals surface area (Å²) < 4.78 is 0. The molecule has 4 rings (SSSR count). The highest BCUT2D eigenvalue weighted by Gasteiger charge is 2.25. The van der Waals surface area contributed by atoms with E-state index in [1.54, 1.807) is 6.20 Å². The van der Waals surface area contributed by atoms with Crippen LogP contribution in [0.3, 0.4) is 0 Å². The molecule has 4 heterocycles. The summed E-state index contributed by atoms with van der Waals surface area (Å²) in [6, 6.07) is 4.72. The van der Waals surface area contributed by atoms with Crippen LogP contribution in [-0.4, -0.2) is 52.1 Å². The Hall–Kier alpha value is -1.47. The Morgan fingerprint density at radius 1 is 1.21 bits per heavy atom. The Morgan fingerprint density at radius 2 is 2.07 bits per heavy atom. The van der Waals surface area contributed by atoms with Gasteiger partial charge in [-0.05, 0) is 44.4 Å². The van der Waals surface area contributed by atoms with E-state index in [9.17, 15) is 0 Å². The molecule has 0 bridgehead atoms.